The topological polar surface area (TPSA) is 77.2 Å². The zero-order valence-electron chi connectivity index (χ0n) is 13.8. The second-order valence-electron chi connectivity index (χ2n) is 5.87. The van der Waals surface area contributed by atoms with Gasteiger partial charge in [0.05, 0.1) is 12.1 Å². The average Bonchev–Trinajstić information content (AvgIpc) is 3.12. The van der Waals surface area contributed by atoms with Crippen molar-refractivity contribution in [3.05, 3.63) is 46.4 Å². The van der Waals surface area contributed by atoms with E-state index in [0.29, 0.717) is 36.0 Å². The molecule has 0 bridgehead atoms. The molecule has 1 aromatic heterocycles. The van der Waals surface area contributed by atoms with Gasteiger partial charge in [-0.15, -0.1) is 0 Å². The summed E-state index contributed by atoms with van der Waals surface area (Å²) in [5, 5.41) is 12.1. The van der Waals surface area contributed by atoms with Gasteiger partial charge in [-0.2, -0.15) is 10.2 Å². The van der Waals surface area contributed by atoms with Crippen LogP contribution in [0.1, 0.15) is 22.3 Å². The third-order valence-corrected chi connectivity index (χ3v) is 4.40. The molecule has 7 heteroatoms. The van der Waals surface area contributed by atoms with Crippen molar-refractivity contribution < 1.29 is 4.39 Å². The van der Waals surface area contributed by atoms with Gasteiger partial charge in [0, 0.05) is 36.5 Å². The molecule has 0 radical (unpaired) electrons. The second kappa shape index (κ2) is 5.67. The minimum Gasteiger partial charge on any atom is -0.357 e. The standard InChI is InChI=1S/C18H15FN6/c1-10-3-4-11(8-20)15(19)14(10)13-7-12-9-23-18(21-2)24-16(12)25-6-5-22-17(13)25/h3-4,7,9H,5-6H2,1-2H3,(H,21,23,24). The number of halogens is 1. The van der Waals surface area contributed by atoms with Gasteiger partial charge in [-0.1, -0.05) is 6.07 Å². The average molecular weight is 334 g/mol. The molecular weight excluding hydrogens is 319 g/mol. The molecule has 0 amide bonds. The lowest BCUT2D eigenvalue weighted by Crippen LogP contribution is -2.33. The van der Waals surface area contributed by atoms with Gasteiger partial charge in [-0.05, 0) is 24.6 Å². The largest absolute Gasteiger partial charge is 0.357 e. The van der Waals surface area contributed by atoms with Gasteiger partial charge in [0.15, 0.2) is 0 Å². The Morgan fingerprint density at radius 3 is 2.96 bits per heavy atom. The highest BCUT2D eigenvalue weighted by molar-refractivity contribution is 6.36. The van der Waals surface area contributed by atoms with Gasteiger partial charge in [0.1, 0.15) is 23.5 Å². The molecule has 0 aliphatic carbocycles. The maximum Gasteiger partial charge on any atom is 0.224 e. The van der Waals surface area contributed by atoms with Crippen molar-refractivity contribution in [1.82, 2.24) is 9.97 Å². The lowest BCUT2D eigenvalue weighted by molar-refractivity contribution is 0.619. The zero-order valence-corrected chi connectivity index (χ0v) is 13.8. The molecule has 0 unspecified atom stereocenters. The monoisotopic (exact) mass is 334 g/mol. The highest BCUT2D eigenvalue weighted by atomic mass is 19.1. The molecule has 0 saturated carbocycles. The number of amidine groups is 1. The summed E-state index contributed by atoms with van der Waals surface area (Å²) >= 11 is 0. The Bertz CT molecular complexity index is 986. The third kappa shape index (κ3) is 2.26. The molecule has 0 saturated heterocycles. The van der Waals surface area contributed by atoms with E-state index in [4.69, 9.17) is 5.26 Å². The summed E-state index contributed by atoms with van der Waals surface area (Å²) in [7, 11) is 1.76. The minimum absolute atomic E-state index is 0.0271. The first kappa shape index (κ1) is 15.3. The van der Waals surface area contributed by atoms with Crippen LogP contribution >= 0.6 is 0 Å². The molecule has 124 valence electrons. The number of aromatic nitrogens is 2. The molecule has 3 heterocycles. The van der Waals surface area contributed by atoms with Crippen LogP contribution in [0.15, 0.2) is 23.3 Å². The Morgan fingerprint density at radius 2 is 2.20 bits per heavy atom. The first-order valence-corrected chi connectivity index (χ1v) is 7.92. The summed E-state index contributed by atoms with van der Waals surface area (Å²) in [5.74, 6) is 1.45. The Labute approximate surface area is 144 Å². The number of nitriles is 1. The first-order valence-electron chi connectivity index (χ1n) is 7.92. The molecule has 2 aromatic rings. The van der Waals surface area contributed by atoms with Gasteiger partial charge in [0.2, 0.25) is 5.95 Å². The van der Waals surface area contributed by atoms with Crippen molar-refractivity contribution in [3.8, 4) is 6.07 Å². The number of aliphatic imine (C=N–C) groups is 1. The van der Waals surface area contributed by atoms with Crippen molar-refractivity contribution in [2.24, 2.45) is 4.99 Å². The quantitative estimate of drug-likeness (QED) is 0.913. The summed E-state index contributed by atoms with van der Waals surface area (Å²) < 4.78 is 14.9. The molecule has 4 rings (SSSR count). The van der Waals surface area contributed by atoms with Crippen molar-refractivity contribution in [2.75, 3.05) is 30.4 Å². The maximum absolute atomic E-state index is 14.9. The van der Waals surface area contributed by atoms with E-state index in [0.717, 1.165) is 16.9 Å². The van der Waals surface area contributed by atoms with Crippen LogP contribution in [0.25, 0.3) is 11.6 Å². The van der Waals surface area contributed by atoms with Crippen LogP contribution in [0.5, 0.6) is 0 Å². The molecule has 1 N–H and O–H groups in total. The number of hydrogen-bond acceptors (Lipinski definition) is 6. The van der Waals surface area contributed by atoms with Crippen molar-refractivity contribution in [3.63, 3.8) is 0 Å². The van der Waals surface area contributed by atoms with E-state index in [1.54, 1.807) is 19.3 Å². The number of nitrogens with one attached hydrogen (secondary N) is 1. The van der Waals surface area contributed by atoms with Crippen LogP contribution in [0.4, 0.5) is 16.2 Å². The third-order valence-electron chi connectivity index (χ3n) is 4.40. The van der Waals surface area contributed by atoms with Crippen molar-refractivity contribution in [1.29, 1.82) is 5.26 Å². The smallest absolute Gasteiger partial charge is 0.224 e. The molecule has 0 atom stereocenters. The Kier molecular flexibility index (Phi) is 3.46. The number of benzene rings is 1. The highest BCUT2D eigenvalue weighted by Crippen LogP contribution is 2.37. The Balaban J connectivity index is 1.97. The van der Waals surface area contributed by atoms with Crippen LogP contribution in [-0.2, 0) is 0 Å². The van der Waals surface area contributed by atoms with Gasteiger partial charge < -0.3 is 10.2 Å². The fourth-order valence-corrected chi connectivity index (χ4v) is 3.20. The van der Waals surface area contributed by atoms with Gasteiger partial charge in [-0.25, -0.2) is 9.37 Å². The number of aryl methyl sites for hydroxylation is 1. The fourth-order valence-electron chi connectivity index (χ4n) is 3.20. The van der Waals surface area contributed by atoms with Gasteiger partial charge in [0.25, 0.3) is 0 Å². The maximum atomic E-state index is 14.9. The van der Waals surface area contributed by atoms with E-state index in [1.807, 2.05) is 24.0 Å². The van der Waals surface area contributed by atoms with E-state index in [2.05, 4.69) is 20.3 Å². The summed E-state index contributed by atoms with van der Waals surface area (Å²) in [5.41, 5.74) is 2.66. The lowest BCUT2D eigenvalue weighted by atomic mass is 9.93. The second-order valence-corrected chi connectivity index (χ2v) is 5.87. The first-order chi connectivity index (χ1) is 12.1. The summed E-state index contributed by atoms with van der Waals surface area (Å²) in [6.07, 6.45) is 3.56. The van der Waals surface area contributed by atoms with Crippen LogP contribution in [-0.4, -0.2) is 35.9 Å². The molecule has 6 nitrogen and oxygen atoms in total. The lowest BCUT2D eigenvalue weighted by Gasteiger charge is -2.28. The van der Waals surface area contributed by atoms with Crippen LogP contribution in [0.3, 0.4) is 0 Å². The fraction of sp³-hybridized carbons (Fsp3) is 0.222. The number of nitrogens with zero attached hydrogens (tertiary/aromatic N) is 5. The van der Waals surface area contributed by atoms with Crippen LogP contribution in [0, 0.1) is 24.1 Å². The zero-order chi connectivity index (χ0) is 17.6. The molecule has 2 aliphatic heterocycles. The van der Waals surface area contributed by atoms with Gasteiger partial charge >= 0.3 is 0 Å². The van der Waals surface area contributed by atoms with E-state index in [-0.39, 0.29) is 5.56 Å². The number of anilines is 2. The molecule has 0 spiro atoms. The molecular formula is C18H15FN6. The van der Waals surface area contributed by atoms with Crippen molar-refractivity contribution >= 4 is 29.3 Å². The molecule has 1 aromatic carbocycles. The number of fused-ring (bicyclic) bond motifs is 3. The predicted octanol–water partition coefficient (Wildman–Crippen LogP) is 2.61. The summed E-state index contributed by atoms with van der Waals surface area (Å²) in [6, 6.07) is 5.17. The van der Waals surface area contributed by atoms with E-state index < -0.39 is 5.82 Å². The minimum atomic E-state index is -0.514. The van der Waals surface area contributed by atoms with E-state index in [1.165, 1.54) is 6.07 Å². The van der Waals surface area contributed by atoms with Crippen LogP contribution in [0.2, 0.25) is 0 Å². The number of hydrogen-bond donors (Lipinski definition) is 1. The van der Waals surface area contributed by atoms with E-state index >= 15 is 0 Å². The van der Waals surface area contributed by atoms with E-state index in [9.17, 15) is 4.39 Å². The van der Waals surface area contributed by atoms with Crippen LogP contribution < -0.4 is 10.2 Å². The molecule has 25 heavy (non-hydrogen) atoms. The molecule has 0 fully saturated rings. The predicted molar refractivity (Wildman–Crippen MR) is 94.9 cm³/mol. The van der Waals surface area contributed by atoms with Gasteiger partial charge in [-0.3, -0.25) is 4.99 Å². The van der Waals surface area contributed by atoms with Crippen molar-refractivity contribution in [2.45, 2.75) is 6.92 Å². The highest BCUT2D eigenvalue weighted by Gasteiger charge is 2.32. The molecule has 2 aliphatic rings. The Morgan fingerprint density at radius 1 is 1.36 bits per heavy atom. The summed E-state index contributed by atoms with van der Waals surface area (Å²) in [4.78, 5) is 15.3. The summed E-state index contributed by atoms with van der Waals surface area (Å²) in [6.45, 7) is 3.12. The number of rotatable bonds is 2. The Hall–Kier alpha value is -3.27. The SMILES string of the molecule is CNc1ncc2c(n1)N1CCN=C1C(c1c(C)ccc(C#N)c1F)=C2. The normalized spacial score (nSPS) is 15.0.